The van der Waals surface area contributed by atoms with E-state index >= 15 is 0 Å². The van der Waals surface area contributed by atoms with Crippen molar-refractivity contribution in [2.24, 2.45) is 0 Å². The molecule has 1 rings (SSSR count). The molecule has 0 fully saturated rings. The molecular weight excluding hydrogens is 280 g/mol. The zero-order chi connectivity index (χ0) is 17.5. The average molecular weight is 319 g/mol. The molecule has 2 heteroatoms. The Morgan fingerprint density at radius 1 is 0.826 bits per heavy atom. The maximum Gasteiger partial charge on any atom is 0.0375 e. The summed E-state index contributed by atoms with van der Waals surface area (Å²) in [6, 6.07) is 9.06. The fourth-order valence-electron chi connectivity index (χ4n) is 3.45. The quantitative estimate of drug-likeness (QED) is 0.613. The van der Waals surface area contributed by atoms with Crippen LogP contribution in [0.3, 0.4) is 0 Å². The molecule has 0 unspecified atom stereocenters. The molecule has 2 nitrogen and oxygen atoms in total. The van der Waals surface area contributed by atoms with Gasteiger partial charge in [0.15, 0.2) is 0 Å². The van der Waals surface area contributed by atoms with Gasteiger partial charge in [-0.15, -0.1) is 0 Å². The van der Waals surface area contributed by atoms with Gasteiger partial charge in [-0.3, -0.25) is 0 Å². The molecule has 0 saturated heterocycles. The van der Waals surface area contributed by atoms with Gasteiger partial charge in [-0.2, -0.15) is 0 Å². The first kappa shape index (κ1) is 20.0. The number of hydrogen-bond acceptors (Lipinski definition) is 2. The molecule has 0 heterocycles. The van der Waals surface area contributed by atoms with Crippen molar-refractivity contribution in [3.8, 4) is 0 Å². The van der Waals surface area contributed by atoms with Gasteiger partial charge >= 0.3 is 0 Å². The van der Waals surface area contributed by atoms with Crippen molar-refractivity contribution in [2.45, 2.75) is 91.8 Å². The Labute approximate surface area is 144 Å². The van der Waals surface area contributed by atoms with Gasteiger partial charge in [0.05, 0.1) is 0 Å². The van der Waals surface area contributed by atoms with Crippen LogP contribution in [0, 0.1) is 0 Å². The summed E-state index contributed by atoms with van der Waals surface area (Å²) in [6.45, 7) is 18.0. The van der Waals surface area contributed by atoms with Gasteiger partial charge in [-0.25, -0.2) is 0 Å². The molecule has 23 heavy (non-hydrogen) atoms. The van der Waals surface area contributed by atoms with Gasteiger partial charge in [0.1, 0.15) is 0 Å². The van der Waals surface area contributed by atoms with Gasteiger partial charge in [-0.1, -0.05) is 38.3 Å². The lowest BCUT2D eigenvalue weighted by Gasteiger charge is -2.47. The van der Waals surface area contributed by atoms with Crippen LogP contribution in [0.25, 0.3) is 0 Å². The molecule has 0 radical (unpaired) electrons. The molecule has 0 saturated carbocycles. The van der Waals surface area contributed by atoms with Crippen LogP contribution in [0.5, 0.6) is 0 Å². The molecule has 0 aliphatic carbocycles. The first-order chi connectivity index (χ1) is 10.7. The first-order valence-electron chi connectivity index (χ1n) is 9.26. The van der Waals surface area contributed by atoms with Crippen molar-refractivity contribution >= 4 is 5.69 Å². The lowest BCUT2D eigenvalue weighted by Crippen LogP contribution is -2.53. The largest absolute Gasteiger partial charge is 0.362 e. The zero-order valence-corrected chi connectivity index (χ0v) is 16.5. The molecule has 1 aromatic rings. The third-order valence-electron chi connectivity index (χ3n) is 4.07. The Kier molecular flexibility index (Phi) is 7.60. The van der Waals surface area contributed by atoms with Crippen LogP contribution in [0.15, 0.2) is 24.3 Å². The van der Waals surface area contributed by atoms with E-state index in [1.165, 1.54) is 36.9 Å². The minimum Gasteiger partial charge on any atom is -0.362 e. The second-order valence-corrected chi connectivity index (χ2v) is 8.58. The van der Waals surface area contributed by atoms with Crippen LogP contribution >= 0.6 is 0 Å². The van der Waals surface area contributed by atoms with Crippen molar-refractivity contribution in [3.63, 3.8) is 0 Å². The van der Waals surface area contributed by atoms with E-state index in [9.17, 15) is 0 Å². The van der Waals surface area contributed by atoms with Gasteiger partial charge in [0.25, 0.3) is 0 Å². The standard InChI is InChI=1S/C21H38N2/c1-8-9-10-11-16-22-17-18-12-14-19(15-13-18)23(20(2,3)4)21(5,6)7/h12-15,22H,8-11,16-17H2,1-7H3. The third kappa shape index (κ3) is 6.95. The Balaban J connectivity index is 2.61. The summed E-state index contributed by atoms with van der Waals surface area (Å²) in [6.07, 6.45) is 5.29. The summed E-state index contributed by atoms with van der Waals surface area (Å²) < 4.78 is 0. The maximum atomic E-state index is 3.56. The minimum absolute atomic E-state index is 0.108. The van der Waals surface area contributed by atoms with Crippen LogP contribution in [0.2, 0.25) is 0 Å². The third-order valence-corrected chi connectivity index (χ3v) is 4.07. The number of rotatable bonds is 8. The smallest absolute Gasteiger partial charge is 0.0375 e. The highest BCUT2D eigenvalue weighted by Gasteiger charge is 2.31. The molecule has 0 aliphatic heterocycles. The Bertz CT molecular complexity index is 420. The maximum absolute atomic E-state index is 3.56. The van der Waals surface area contributed by atoms with E-state index in [2.05, 4.69) is 82.9 Å². The van der Waals surface area contributed by atoms with E-state index in [-0.39, 0.29) is 11.1 Å². The van der Waals surface area contributed by atoms with Crippen LogP contribution < -0.4 is 10.2 Å². The normalized spacial score (nSPS) is 12.5. The van der Waals surface area contributed by atoms with Crippen LogP contribution in [0.4, 0.5) is 5.69 Å². The van der Waals surface area contributed by atoms with Gasteiger partial charge in [0.2, 0.25) is 0 Å². The second kappa shape index (κ2) is 8.73. The molecule has 0 aromatic heterocycles. The van der Waals surface area contributed by atoms with Crippen molar-refractivity contribution in [2.75, 3.05) is 11.4 Å². The molecule has 0 atom stereocenters. The zero-order valence-electron chi connectivity index (χ0n) is 16.5. The summed E-state index contributed by atoms with van der Waals surface area (Å²) in [5, 5.41) is 3.56. The van der Waals surface area contributed by atoms with Crippen molar-refractivity contribution in [1.29, 1.82) is 0 Å². The monoisotopic (exact) mass is 318 g/mol. The Hall–Kier alpha value is -1.02. The van der Waals surface area contributed by atoms with E-state index in [1.807, 2.05) is 0 Å². The number of nitrogens with zero attached hydrogens (tertiary/aromatic N) is 1. The lowest BCUT2D eigenvalue weighted by molar-refractivity contribution is 0.381. The molecule has 0 bridgehead atoms. The number of hydrogen-bond donors (Lipinski definition) is 1. The summed E-state index contributed by atoms with van der Waals surface area (Å²) in [4.78, 5) is 2.50. The molecule has 0 amide bonds. The predicted molar refractivity (Wildman–Crippen MR) is 104 cm³/mol. The highest BCUT2D eigenvalue weighted by molar-refractivity contribution is 5.52. The van der Waals surface area contributed by atoms with E-state index < -0.39 is 0 Å². The number of benzene rings is 1. The highest BCUT2D eigenvalue weighted by atomic mass is 15.2. The summed E-state index contributed by atoms with van der Waals surface area (Å²) in [7, 11) is 0. The molecule has 1 aromatic carbocycles. The van der Waals surface area contributed by atoms with Gasteiger partial charge in [-0.05, 0) is 72.2 Å². The first-order valence-corrected chi connectivity index (χ1v) is 9.26. The Morgan fingerprint density at radius 3 is 1.87 bits per heavy atom. The SMILES string of the molecule is CCCCCCNCc1ccc(N(C(C)(C)C)C(C)(C)C)cc1. The number of anilines is 1. The minimum atomic E-state index is 0.108. The molecule has 0 spiro atoms. The summed E-state index contributed by atoms with van der Waals surface area (Å²) in [5.41, 5.74) is 2.89. The van der Waals surface area contributed by atoms with Crippen LogP contribution in [0.1, 0.15) is 79.7 Å². The van der Waals surface area contributed by atoms with Crippen molar-refractivity contribution in [1.82, 2.24) is 5.32 Å². The van der Waals surface area contributed by atoms with Gasteiger partial charge in [0, 0.05) is 23.3 Å². The predicted octanol–water partition coefficient (Wildman–Crippen LogP) is 5.76. The molecule has 132 valence electrons. The highest BCUT2D eigenvalue weighted by Crippen LogP contribution is 2.31. The molecule has 1 N–H and O–H groups in total. The van der Waals surface area contributed by atoms with Gasteiger partial charge < -0.3 is 10.2 Å². The van der Waals surface area contributed by atoms with E-state index in [0.29, 0.717) is 0 Å². The summed E-state index contributed by atoms with van der Waals surface area (Å²) in [5.74, 6) is 0. The number of unbranched alkanes of at least 4 members (excludes halogenated alkanes) is 3. The average Bonchev–Trinajstić information content (AvgIpc) is 2.41. The van der Waals surface area contributed by atoms with Crippen molar-refractivity contribution < 1.29 is 0 Å². The second-order valence-electron chi connectivity index (χ2n) is 8.58. The Morgan fingerprint density at radius 2 is 1.39 bits per heavy atom. The van der Waals surface area contributed by atoms with E-state index in [0.717, 1.165) is 13.1 Å². The number of nitrogens with one attached hydrogen (secondary N) is 1. The molecule has 0 aliphatic rings. The fourth-order valence-corrected chi connectivity index (χ4v) is 3.45. The lowest BCUT2D eigenvalue weighted by atomic mass is 9.94. The summed E-state index contributed by atoms with van der Waals surface area (Å²) >= 11 is 0. The van der Waals surface area contributed by atoms with E-state index in [4.69, 9.17) is 0 Å². The fraction of sp³-hybridized carbons (Fsp3) is 0.714. The topological polar surface area (TPSA) is 15.3 Å². The van der Waals surface area contributed by atoms with Crippen LogP contribution in [-0.4, -0.2) is 17.6 Å². The van der Waals surface area contributed by atoms with E-state index in [1.54, 1.807) is 0 Å². The van der Waals surface area contributed by atoms with Crippen molar-refractivity contribution in [3.05, 3.63) is 29.8 Å². The van der Waals surface area contributed by atoms with Crippen LogP contribution in [-0.2, 0) is 6.54 Å². The molecular formula is C21H38N2.